The molecule has 0 aliphatic carbocycles. The van der Waals surface area contributed by atoms with Crippen LogP contribution in [0.5, 0.6) is 0 Å². The van der Waals surface area contributed by atoms with Crippen molar-refractivity contribution in [3.63, 3.8) is 0 Å². The van der Waals surface area contributed by atoms with Crippen LogP contribution in [0.25, 0.3) is 0 Å². The Morgan fingerprint density at radius 3 is 2.70 bits per heavy atom. The third-order valence-electron chi connectivity index (χ3n) is 3.83. The maximum Gasteiger partial charge on any atom is 0.225 e. The third-order valence-corrected chi connectivity index (χ3v) is 3.83. The lowest BCUT2D eigenvalue weighted by Crippen LogP contribution is -2.50. The minimum atomic E-state index is 0.0833. The average Bonchev–Trinajstić information content (AvgIpc) is 2.53. The van der Waals surface area contributed by atoms with Crippen molar-refractivity contribution < 1.29 is 4.79 Å². The molecule has 5 nitrogen and oxygen atoms in total. The summed E-state index contributed by atoms with van der Waals surface area (Å²) in [6.45, 7) is 5.93. The molecule has 1 saturated heterocycles. The first-order chi connectivity index (χ1) is 9.72. The Morgan fingerprint density at radius 1 is 1.35 bits per heavy atom. The quantitative estimate of drug-likeness (QED) is 0.875. The number of carbonyl (C=O) groups is 1. The Bertz CT molecular complexity index is 415. The van der Waals surface area contributed by atoms with E-state index in [-0.39, 0.29) is 11.8 Å². The second-order valence-electron chi connectivity index (χ2n) is 5.33. The van der Waals surface area contributed by atoms with Gasteiger partial charge in [-0.15, -0.1) is 0 Å². The zero-order valence-electron chi connectivity index (χ0n) is 12.2. The van der Waals surface area contributed by atoms with Crippen LogP contribution in [0.4, 0.5) is 5.82 Å². The number of hydrogen-bond donors (Lipinski definition) is 1. The second-order valence-corrected chi connectivity index (χ2v) is 5.33. The molecular formula is C15H24N4O. The lowest BCUT2D eigenvalue weighted by Gasteiger charge is -2.36. The number of nitrogens with zero attached hydrogens (tertiary/aromatic N) is 3. The van der Waals surface area contributed by atoms with Crippen LogP contribution in [-0.2, 0) is 4.79 Å². The maximum atomic E-state index is 12.3. The minimum absolute atomic E-state index is 0.0833. The van der Waals surface area contributed by atoms with Gasteiger partial charge in [0.15, 0.2) is 0 Å². The summed E-state index contributed by atoms with van der Waals surface area (Å²) < 4.78 is 0. The van der Waals surface area contributed by atoms with E-state index < -0.39 is 0 Å². The smallest absolute Gasteiger partial charge is 0.225 e. The number of aromatic nitrogens is 1. The van der Waals surface area contributed by atoms with E-state index in [0.29, 0.717) is 6.54 Å². The van der Waals surface area contributed by atoms with Crippen molar-refractivity contribution in [2.45, 2.75) is 19.8 Å². The van der Waals surface area contributed by atoms with Crippen LogP contribution in [0.1, 0.15) is 19.8 Å². The first-order valence-electron chi connectivity index (χ1n) is 7.37. The van der Waals surface area contributed by atoms with E-state index in [2.05, 4.69) is 9.88 Å². The Hall–Kier alpha value is -1.62. The van der Waals surface area contributed by atoms with Crippen molar-refractivity contribution in [3.05, 3.63) is 24.4 Å². The molecule has 0 spiro atoms. The summed E-state index contributed by atoms with van der Waals surface area (Å²) >= 11 is 0. The van der Waals surface area contributed by atoms with Crippen LogP contribution in [-0.4, -0.2) is 48.5 Å². The van der Waals surface area contributed by atoms with Gasteiger partial charge >= 0.3 is 0 Å². The fourth-order valence-electron chi connectivity index (χ4n) is 2.56. The molecule has 2 rings (SSSR count). The predicted octanol–water partition coefficient (Wildman–Crippen LogP) is 1.11. The lowest BCUT2D eigenvalue weighted by molar-refractivity contribution is -0.135. The molecule has 1 aliphatic rings. The number of amides is 1. The molecule has 1 amide bonds. The number of pyridine rings is 1. The number of nitrogens with two attached hydrogens (primary N) is 1. The summed E-state index contributed by atoms with van der Waals surface area (Å²) in [6.07, 6.45) is 3.61. The van der Waals surface area contributed by atoms with E-state index in [0.717, 1.165) is 44.8 Å². The molecule has 1 fully saturated rings. The van der Waals surface area contributed by atoms with Gasteiger partial charge < -0.3 is 15.5 Å². The van der Waals surface area contributed by atoms with E-state index in [1.54, 1.807) is 0 Å². The molecule has 0 radical (unpaired) electrons. The van der Waals surface area contributed by atoms with Gasteiger partial charge in [-0.25, -0.2) is 4.98 Å². The lowest BCUT2D eigenvalue weighted by atomic mass is 10.0. The Labute approximate surface area is 120 Å². The molecule has 1 aromatic rings. The monoisotopic (exact) mass is 276 g/mol. The largest absolute Gasteiger partial charge is 0.353 e. The van der Waals surface area contributed by atoms with E-state index in [4.69, 9.17) is 5.73 Å². The topological polar surface area (TPSA) is 62.5 Å². The minimum Gasteiger partial charge on any atom is -0.353 e. The molecule has 1 unspecified atom stereocenters. The Balaban J connectivity index is 1.83. The van der Waals surface area contributed by atoms with Gasteiger partial charge in [-0.2, -0.15) is 0 Å². The molecule has 5 heteroatoms. The summed E-state index contributed by atoms with van der Waals surface area (Å²) in [5.41, 5.74) is 5.50. The van der Waals surface area contributed by atoms with Crippen LogP contribution in [0, 0.1) is 5.92 Å². The molecule has 0 aromatic carbocycles. The zero-order chi connectivity index (χ0) is 14.4. The summed E-state index contributed by atoms with van der Waals surface area (Å²) in [5.74, 6) is 1.34. The molecular weight excluding hydrogens is 252 g/mol. The first-order valence-corrected chi connectivity index (χ1v) is 7.37. The molecule has 0 saturated carbocycles. The van der Waals surface area contributed by atoms with Crippen LogP contribution in [0.15, 0.2) is 24.4 Å². The molecule has 0 bridgehead atoms. The molecule has 110 valence electrons. The van der Waals surface area contributed by atoms with Gasteiger partial charge in [-0.05, 0) is 31.5 Å². The van der Waals surface area contributed by atoms with Crippen molar-refractivity contribution in [1.29, 1.82) is 0 Å². The first kappa shape index (κ1) is 14.8. The van der Waals surface area contributed by atoms with Crippen LogP contribution in [0.3, 0.4) is 0 Å². The van der Waals surface area contributed by atoms with E-state index in [9.17, 15) is 4.79 Å². The molecule has 1 aliphatic heterocycles. The van der Waals surface area contributed by atoms with Gasteiger partial charge in [0, 0.05) is 38.3 Å². The highest BCUT2D eigenvalue weighted by atomic mass is 16.2. The standard InChI is InChI=1S/C15H24N4O/c1-13(5-4-7-16)15(20)19-11-9-18(10-12-19)14-6-2-3-8-17-14/h2-3,6,8,13H,4-5,7,9-12,16H2,1H3. The van der Waals surface area contributed by atoms with Crippen molar-refractivity contribution >= 4 is 11.7 Å². The summed E-state index contributed by atoms with van der Waals surface area (Å²) in [7, 11) is 0. The molecule has 2 heterocycles. The van der Waals surface area contributed by atoms with Crippen LogP contribution in [0.2, 0.25) is 0 Å². The number of carbonyl (C=O) groups excluding carboxylic acids is 1. The SMILES string of the molecule is CC(CCCN)C(=O)N1CCN(c2ccccn2)CC1. The molecule has 1 aromatic heterocycles. The Kier molecular flexibility index (Phi) is 5.35. The van der Waals surface area contributed by atoms with Gasteiger partial charge in [-0.3, -0.25) is 4.79 Å². The van der Waals surface area contributed by atoms with Crippen molar-refractivity contribution in [1.82, 2.24) is 9.88 Å². The summed E-state index contributed by atoms with van der Waals surface area (Å²) in [5, 5.41) is 0. The van der Waals surface area contributed by atoms with Gasteiger partial charge in [0.1, 0.15) is 5.82 Å². The second kappa shape index (κ2) is 7.24. The highest BCUT2D eigenvalue weighted by Gasteiger charge is 2.24. The average molecular weight is 276 g/mol. The maximum absolute atomic E-state index is 12.3. The van der Waals surface area contributed by atoms with Gasteiger partial charge in [0.2, 0.25) is 5.91 Å². The third kappa shape index (κ3) is 3.70. The van der Waals surface area contributed by atoms with Gasteiger partial charge in [0.05, 0.1) is 0 Å². The van der Waals surface area contributed by atoms with E-state index in [1.807, 2.05) is 36.2 Å². The van der Waals surface area contributed by atoms with Crippen molar-refractivity contribution in [2.75, 3.05) is 37.6 Å². The van der Waals surface area contributed by atoms with Crippen LogP contribution >= 0.6 is 0 Å². The highest BCUT2D eigenvalue weighted by Crippen LogP contribution is 2.15. The number of hydrogen-bond acceptors (Lipinski definition) is 4. The van der Waals surface area contributed by atoms with E-state index in [1.165, 1.54) is 0 Å². The fraction of sp³-hybridized carbons (Fsp3) is 0.600. The van der Waals surface area contributed by atoms with Gasteiger partial charge in [-0.1, -0.05) is 13.0 Å². The van der Waals surface area contributed by atoms with Gasteiger partial charge in [0.25, 0.3) is 0 Å². The predicted molar refractivity (Wildman–Crippen MR) is 80.5 cm³/mol. The van der Waals surface area contributed by atoms with Crippen molar-refractivity contribution in [3.8, 4) is 0 Å². The summed E-state index contributed by atoms with van der Waals surface area (Å²) in [6, 6.07) is 5.93. The van der Waals surface area contributed by atoms with Crippen LogP contribution < -0.4 is 10.6 Å². The normalized spacial score (nSPS) is 17.1. The summed E-state index contributed by atoms with van der Waals surface area (Å²) in [4.78, 5) is 20.9. The molecule has 2 N–H and O–H groups in total. The van der Waals surface area contributed by atoms with Crippen molar-refractivity contribution in [2.24, 2.45) is 11.7 Å². The number of rotatable bonds is 5. The zero-order valence-corrected chi connectivity index (χ0v) is 12.2. The molecule has 1 atom stereocenters. The number of anilines is 1. The highest BCUT2D eigenvalue weighted by molar-refractivity contribution is 5.78. The molecule has 20 heavy (non-hydrogen) atoms. The Morgan fingerprint density at radius 2 is 2.10 bits per heavy atom. The number of piperazine rings is 1. The van der Waals surface area contributed by atoms with E-state index >= 15 is 0 Å². The fourth-order valence-corrected chi connectivity index (χ4v) is 2.56.